The Labute approximate surface area is 62.4 Å². The molecule has 0 saturated carbocycles. The van der Waals surface area contributed by atoms with Crippen molar-refractivity contribution < 1.29 is 9.84 Å². The maximum Gasteiger partial charge on any atom is 0.169 e. The van der Waals surface area contributed by atoms with Crippen molar-refractivity contribution in [1.29, 1.82) is 0 Å². The van der Waals surface area contributed by atoms with Crippen LogP contribution in [-0.4, -0.2) is 31.1 Å². The van der Waals surface area contributed by atoms with E-state index in [4.69, 9.17) is 9.84 Å². The van der Waals surface area contributed by atoms with Crippen molar-refractivity contribution in [1.82, 2.24) is 5.32 Å². The Balaban J connectivity index is 0.000000371. The van der Waals surface area contributed by atoms with E-state index in [9.17, 15) is 0 Å². The van der Waals surface area contributed by atoms with Gasteiger partial charge in [0, 0.05) is 0 Å². The van der Waals surface area contributed by atoms with E-state index in [1.54, 1.807) is 0 Å². The zero-order valence-electron chi connectivity index (χ0n) is 6.92. The van der Waals surface area contributed by atoms with Gasteiger partial charge in [-0.05, 0) is 13.5 Å². The standard InChI is InChI=1S/C5H11NO2.C2H6/c1-6-4-2-3-8-5(4)7;1-2/h4-7H,2-3H2,1H3;1-2H3. The van der Waals surface area contributed by atoms with Gasteiger partial charge < -0.3 is 15.2 Å². The number of likely N-dealkylation sites (N-methyl/N-ethyl adjacent to an activating group) is 1. The van der Waals surface area contributed by atoms with Crippen molar-refractivity contribution in [2.45, 2.75) is 32.6 Å². The zero-order chi connectivity index (χ0) is 7.98. The van der Waals surface area contributed by atoms with Gasteiger partial charge in [0.15, 0.2) is 6.29 Å². The van der Waals surface area contributed by atoms with E-state index in [1.165, 1.54) is 0 Å². The number of aliphatic hydroxyl groups is 1. The molecule has 0 bridgehead atoms. The summed E-state index contributed by atoms with van der Waals surface area (Å²) in [4.78, 5) is 0. The lowest BCUT2D eigenvalue weighted by Crippen LogP contribution is -2.33. The van der Waals surface area contributed by atoms with Crippen molar-refractivity contribution in [3.05, 3.63) is 0 Å². The van der Waals surface area contributed by atoms with E-state index < -0.39 is 6.29 Å². The lowest BCUT2D eigenvalue weighted by atomic mass is 10.2. The molecule has 62 valence electrons. The summed E-state index contributed by atoms with van der Waals surface area (Å²) < 4.78 is 4.85. The van der Waals surface area contributed by atoms with Gasteiger partial charge in [0.05, 0.1) is 12.6 Å². The monoisotopic (exact) mass is 147 g/mol. The molecular formula is C7H17NO2. The fraction of sp³-hybridized carbons (Fsp3) is 1.00. The molecule has 1 heterocycles. The first-order valence-electron chi connectivity index (χ1n) is 3.81. The summed E-state index contributed by atoms with van der Waals surface area (Å²) in [7, 11) is 1.82. The van der Waals surface area contributed by atoms with E-state index in [-0.39, 0.29) is 6.04 Å². The van der Waals surface area contributed by atoms with Crippen molar-refractivity contribution in [2.24, 2.45) is 0 Å². The summed E-state index contributed by atoms with van der Waals surface area (Å²) in [5.74, 6) is 0. The quantitative estimate of drug-likeness (QED) is 0.562. The summed E-state index contributed by atoms with van der Waals surface area (Å²) in [6, 6.07) is 0.148. The predicted octanol–water partition coefficient (Wildman–Crippen LogP) is 0.339. The molecule has 3 heteroatoms. The van der Waals surface area contributed by atoms with E-state index in [0.717, 1.165) is 6.42 Å². The van der Waals surface area contributed by atoms with Crippen LogP contribution in [0.25, 0.3) is 0 Å². The average molecular weight is 147 g/mol. The van der Waals surface area contributed by atoms with Gasteiger partial charge in [-0.3, -0.25) is 0 Å². The number of hydrogen-bond acceptors (Lipinski definition) is 3. The Morgan fingerprint density at radius 2 is 2.10 bits per heavy atom. The molecule has 0 aliphatic carbocycles. The second-order valence-electron chi connectivity index (χ2n) is 1.95. The zero-order valence-corrected chi connectivity index (χ0v) is 6.92. The Bertz CT molecular complexity index is 78.0. The van der Waals surface area contributed by atoms with Crippen LogP contribution in [-0.2, 0) is 4.74 Å². The van der Waals surface area contributed by atoms with Crippen LogP contribution in [0.5, 0.6) is 0 Å². The fourth-order valence-electron chi connectivity index (χ4n) is 0.861. The smallest absolute Gasteiger partial charge is 0.169 e. The van der Waals surface area contributed by atoms with E-state index in [1.807, 2.05) is 20.9 Å². The molecule has 2 atom stereocenters. The van der Waals surface area contributed by atoms with Gasteiger partial charge in [-0.25, -0.2) is 0 Å². The van der Waals surface area contributed by atoms with Crippen LogP contribution in [0.3, 0.4) is 0 Å². The molecular weight excluding hydrogens is 130 g/mol. The molecule has 0 radical (unpaired) electrons. The summed E-state index contributed by atoms with van der Waals surface area (Å²) in [6.07, 6.45) is 0.331. The van der Waals surface area contributed by atoms with Gasteiger partial charge in [-0.2, -0.15) is 0 Å². The molecule has 0 aromatic carbocycles. The minimum absolute atomic E-state index is 0.148. The summed E-state index contributed by atoms with van der Waals surface area (Å²) in [5, 5.41) is 11.8. The fourth-order valence-corrected chi connectivity index (χ4v) is 0.861. The first kappa shape index (κ1) is 9.88. The molecule has 0 aromatic heterocycles. The maximum atomic E-state index is 8.90. The third kappa shape index (κ3) is 2.64. The van der Waals surface area contributed by atoms with Gasteiger partial charge in [-0.15, -0.1) is 0 Å². The first-order valence-corrected chi connectivity index (χ1v) is 3.81. The topological polar surface area (TPSA) is 41.5 Å². The highest BCUT2D eigenvalue weighted by atomic mass is 16.6. The highest BCUT2D eigenvalue weighted by Crippen LogP contribution is 2.08. The molecule has 1 rings (SSSR count). The number of hydrogen-bond donors (Lipinski definition) is 2. The molecule has 0 aromatic rings. The normalized spacial score (nSPS) is 31.2. The summed E-state index contributed by atoms with van der Waals surface area (Å²) in [6.45, 7) is 4.67. The molecule has 0 amide bonds. The van der Waals surface area contributed by atoms with Gasteiger partial charge in [-0.1, -0.05) is 13.8 Å². The summed E-state index contributed by atoms with van der Waals surface area (Å²) in [5.41, 5.74) is 0. The maximum absolute atomic E-state index is 8.90. The van der Waals surface area contributed by atoms with Crippen LogP contribution in [0.15, 0.2) is 0 Å². The molecule has 1 aliphatic heterocycles. The molecule has 3 nitrogen and oxygen atoms in total. The molecule has 0 spiro atoms. The highest BCUT2D eigenvalue weighted by molar-refractivity contribution is 4.72. The number of ether oxygens (including phenoxy) is 1. The molecule has 2 N–H and O–H groups in total. The second kappa shape index (κ2) is 5.65. The Morgan fingerprint density at radius 1 is 1.50 bits per heavy atom. The van der Waals surface area contributed by atoms with E-state index in [2.05, 4.69) is 5.32 Å². The molecule has 1 aliphatic rings. The van der Waals surface area contributed by atoms with E-state index in [0.29, 0.717) is 6.61 Å². The minimum Gasteiger partial charge on any atom is -0.367 e. The van der Waals surface area contributed by atoms with Crippen LogP contribution in [0.2, 0.25) is 0 Å². The van der Waals surface area contributed by atoms with Crippen molar-refractivity contribution >= 4 is 0 Å². The average Bonchev–Trinajstić information content (AvgIpc) is 2.39. The Kier molecular flexibility index (Phi) is 5.58. The van der Waals surface area contributed by atoms with Crippen LogP contribution >= 0.6 is 0 Å². The highest BCUT2D eigenvalue weighted by Gasteiger charge is 2.23. The molecule has 1 saturated heterocycles. The van der Waals surface area contributed by atoms with Crippen molar-refractivity contribution in [3.63, 3.8) is 0 Å². The molecule has 10 heavy (non-hydrogen) atoms. The Morgan fingerprint density at radius 3 is 2.30 bits per heavy atom. The SMILES string of the molecule is CC.CNC1CCOC1O. The largest absolute Gasteiger partial charge is 0.367 e. The lowest BCUT2D eigenvalue weighted by molar-refractivity contribution is -0.0706. The number of rotatable bonds is 1. The van der Waals surface area contributed by atoms with Gasteiger partial charge >= 0.3 is 0 Å². The number of aliphatic hydroxyl groups excluding tert-OH is 1. The molecule has 1 fully saturated rings. The second-order valence-corrected chi connectivity index (χ2v) is 1.95. The third-order valence-electron chi connectivity index (χ3n) is 1.43. The minimum atomic E-state index is -0.583. The van der Waals surface area contributed by atoms with Crippen LogP contribution < -0.4 is 5.32 Å². The first-order chi connectivity index (χ1) is 4.84. The molecule has 2 unspecified atom stereocenters. The lowest BCUT2D eigenvalue weighted by Gasteiger charge is -2.09. The van der Waals surface area contributed by atoms with Crippen LogP contribution in [0, 0.1) is 0 Å². The van der Waals surface area contributed by atoms with Crippen molar-refractivity contribution in [2.75, 3.05) is 13.7 Å². The van der Waals surface area contributed by atoms with Gasteiger partial charge in [0.2, 0.25) is 0 Å². The predicted molar refractivity (Wildman–Crippen MR) is 40.8 cm³/mol. The van der Waals surface area contributed by atoms with Crippen LogP contribution in [0.4, 0.5) is 0 Å². The number of nitrogens with one attached hydrogen (secondary N) is 1. The van der Waals surface area contributed by atoms with E-state index >= 15 is 0 Å². The van der Waals surface area contributed by atoms with Gasteiger partial charge in [0.25, 0.3) is 0 Å². The van der Waals surface area contributed by atoms with Crippen LogP contribution in [0.1, 0.15) is 20.3 Å². The van der Waals surface area contributed by atoms with Crippen molar-refractivity contribution in [3.8, 4) is 0 Å². The van der Waals surface area contributed by atoms with Gasteiger partial charge in [0.1, 0.15) is 0 Å². The summed E-state index contributed by atoms with van der Waals surface area (Å²) >= 11 is 0. The third-order valence-corrected chi connectivity index (χ3v) is 1.43. The Hall–Kier alpha value is -0.120.